The van der Waals surface area contributed by atoms with Gasteiger partial charge >= 0.3 is 0 Å². The molecule has 0 saturated carbocycles. The summed E-state index contributed by atoms with van der Waals surface area (Å²) in [6, 6.07) is 11.8. The summed E-state index contributed by atoms with van der Waals surface area (Å²) in [6.45, 7) is 2.70. The predicted molar refractivity (Wildman–Crippen MR) is 123 cm³/mol. The fraction of sp³-hybridized carbons (Fsp3) is 0.480. The van der Waals surface area contributed by atoms with E-state index in [9.17, 15) is 14.4 Å². The van der Waals surface area contributed by atoms with Gasteiger partial charge in [0.15, 0.2) is 0 Å². The third kappa shape index (κ3) is 2.89. The molecule has 2 aromatic rings. The summed E-state index contributed by atoms with van der Waals surface area (Å²) in [7, 11) is 0. The van der Waals surface area contributed by atoms with Gasteiger partial charge in [-0.2, -0.15) is 0 Å². The van der Waals surface area contributed by atoms with E-state index in [0.717, 1.165) is 37.1 Å². The molecule has 3 atom stereocenters. The number of nitrogens with one attached hydrogen (secondary N) is 2. The number of anilines is 1. The van der Waals surface area contributed by atoms with Crippen LogP contribution in [-0.2, 0) is 15.1 Å². The molecule has 4 aliphatic rings. The number of amides is 3. The van der Waals surface area contributed by atoms with E-state index in [0.29, 0.717) is 38.3 Å². The van der Waals surface area contributed by atoms with Crippen LogP contribution < -0.4 is 10.2 Å². The molecule has 6 rings (SSSR count). The van der Waals surface area contributed by atoms with Crippen molar-refractivity contribution in [2.45, 2.75) is 37.3 Å². The second-order valence-electron chi connectivity index (χ2n) is 9.54. The summed E-state index contributed by atoms with van der Waals surface area (Å²) < 4.78 is 0. The van der Waals surface area contributed by atoms with Crippen LogP contribution in [0.2, 0.25) is 0 Å². The molecule has 1 spiro atoms. The topological polar surface area (TPSA) is 88.7 Å². The van der Waals surface area contributed by atoms with Crippen molar-refractivity contribution in [1.29, 1.82) is 0 Å². The normalized spacial score (nSPS) is 29.7. The van der Waals surface area contributed by atoms with Crippen LogP contribution in [0.4, 0.5) is 5.69 Å². The molecule has 2 bridgehead atoms. The Morgan fingerprint density at radius 2 is 1.88 bits per heavy atom. The average molecular weight is 448 g/mol. The first-order valence-electron chi connectivity index (χ1n) is 12.0. The Hall–Kier alpha value is -3.13. The molecule has 8 heteroatoms. The number of carbonyl (C=O) groups excluding carboxylic acids is 3. The Morgan fingerprint density at radius 3 is 2.73 bits per heavy atom. The van der Waals surface area contributed by atoms with E-state index in [4.69, 9.17) is 0 Å². The second kappa shape index (κ2) is 7.73. The molecule has 0 radical (unpaired) electrons. The van der Waals surface area contributed by atoms with Gasteiger partial charge in [-0.25, -0.2) is 0 Å². The summed E-state index contributed by atoms with van der Waals surface area (Å²) >= 11 is 0. The highest BCUT2D eigenvalue weighted by atomic mass is 16.2. The summed E-state index contributed by atoms with van der Waals surface area (Å²) in [5, 5.41) is 3.10. The Kier molecular flexibility index (Phi) is 4.79. The van der Waals surface area contributed by atoms with Crippen molar-refractivity contribution in [1.82, 2.24) is 20.1 Å². The van der Waals surface area contributed by atoms with Gasteiger partial charge in [-0.3, -0.25) is 19.3 Å². The maximum atomic E-state index is 14.3. The molecule has 1 aromatic heterocycles. The lowest BCUT2D eigenvalue weighted by atomic mass is 9.78. The molecular formula is C25H29N5O3. The minimum atomic E-state index is -0.935. The summed E-state index contributed by atoms with van der Waals surface area (Å²) in [6.07, 6.45) is 5.21. The van der Waals surface area contributed by atoms with Gasteiger partial charge in [0.2, 0.25) is 5.91 Å². The molecule has 172 valence electrons. The van der Waals surface area contributed by atoms with E-state index in [2.05, 4.69) is 15.2 Å². The number of aromatic amines is 1. The van der Waals surface area contributed by atoms with Crippen LogP contribution in [0.3, 0.4) is 0 Å². The number of benzene rings is 1. The third-order valence-electron chi connectivity index (χ3n) is 7.95. The van der Waals surface area contributed by atoms with Crippen LogP contribution in [0, 0.1) is 5.92 Å². The number of aromatic nitrogens is 1. The zero-order valence-corrected chi connectivity index (χ0v) is 18.6. The molecule has 2 N–H and O–H groups in total. The van der Waals surface area contributed by atoms with Gasteiger partial charge in [0.25, 0.3) is 11.8 Å². The standard InChI is InChI=1S/C25H29N5O3/c31-22-19-16-17-6-4-13-30(17)25(19)18-7-1-2-9-21(18)29(24(25)33)15-14-28(12-5-11-27-22)23(32)20-8-3-10-26-20/h1-3,7-10,17,19,26H,4-6,11-16H2,(H,27,31)/t17-,19+,25+/m0/s1. The lowest BCUT2D eigenvalue weighted by Gasteiger charge is -2.37. The molecule has 1 aromatic carbocycles. The largest absolute Gasteiger partial charge is 0.357 e. The van der Waals surface area contributed by atoms with Gasteiger partial charge in [-0.1, -0.05) is 18.2 Å². The van der Waals surface area contributed by atoms with Gasteiger partial charge in [-0.15, -0.1) is 0 Å². The SMILES string of the molecule is O=C1NCCCN(C(=O)c2ccc[nH]2)CCN2C(=O)[C@@]3(c4ccccc42)[C@@H]1C[C@@H]1CCCN13. The van der Waals surface area contributed by atoms with Crippen molar-refractivity contribution >= 4 is 23.4 Å². The van der Waals surface area contributed by atoms with E-state index in [1.54, 1.807) is 23.2 Å². The number of fused-ring (bicyclic) bond motifs is 4. The van der Waals surface area contributed by atoms with Gasteiger partial charge in [0.05, 0.1) is 5.92 Å². The number of para-hydroxylation sites is 1. The van der Waals surface area contributed by atoms with E-state index in [1.165, 1.54) is 0 Å². The maximum absolute atomic E-state index is 14.3. The Bertz CT molecular complexity index is 1100. The van der Waals surface area contributed by atoms with Crippen molar-refractivity contribution in [3.63, 3.8) is 0 Å². The van der Waals surface area contributed by atoms with Crippen molar-refractivity contribution in [3.8, 4) is 0 Å². The first-order valence-corrected chi connectivity index (χ1v) is 12.0. The van der Waals surface area contributed by atoms with Gasteiger partial charge in [-0.05, 0) is 50.4 Å². The molecule has 5 heterocycles. The molecule has 33 heavy (non-hydrogen) atoms. The van der Waals surface area contributed by atoms with E-state index in [1.807, 2.05) is 29.2 Å². The monoisotopic (exact) mass is 447 g/mol. The zero-order chi connectivity index (χ0) is 22.6. The summed E-state index contributed by atoms with van der Waals surface area (Å²) in [5.74, 6) is -0.535. The fourth-order valence-electron chi connectivity index (χ4n) is 6.56. The Labute approximate surface area is 192 Å². The lowest BCUT2D eigenvalue weighted by molar-refractivity contribution is -0.139. The molecule has 0 aliphatic carbocycles. The molecule has 0 unspecified atom stereocenters. The van der Waals surface area contributed by atoms with Crippen molar-refractivity contribution < 1.29 is 14.4 Å². The molecule has 3 saturated heterocycles. The first-order chi connectivity index (χ1) is 16.1. The van der Waals surface area contributed by atoms with Crippen LogP contribution in [0.15, 0.2) is 42.6 Å². The molecule has 3 amide bonds. The van der Waals surface area contributed by atoms with E-state index in [-0.39, 0.29) is 23.8 Å². The molecule has 4 aliphatic heterocycles. The number of nitrogens with zero attached hydrogens (tertiary/aromatic N) is 3. The number of H-pyrrole nitrogens is 1. The Morgan fingerprint density at radius 1 is 1.00 bits per heavy atom. The number of hydrogen-bond donors (Lipinski definition) is 2. The van der Waals surface area contributed by atoms with Crippen molar-refractivity contribution in [3.05, 3.63) is 53.9 Å². The first kappa shape index (κ1) is 20.5. The minimum Gasteiger partial charge on any atom is -0.357 e. The fourth-order valence-corrected chi connectivity index (χ4v) is 6.56. The van der Waals surface area contributed by atoms with Crippen molar-refractivity contribution in [2.24, 2.45) is 5.92 Å². The zero-order valence-electron chi connectivity index (χ0n) is 18.6. The second-order valence-corrected chi connectivity index (χ2v) is 9.54. The van der Waals surface area contributed by atoms with Crippen LogP contribution in [0.1, 0.15) is 41.7 Å². The molecule has 3 fully saturated rings. The van der Waals surface area contributed by atoms with Gasteiger partial charge < -0.3 is 20.1 Å². The van der Waals surface area contributed by atoms with E-state index < -0.39 is 11.5 Å². The molecular weight excluding hydrogens is 418 g/mol. The highest BCUT2D eigenvalue weighted by molar-refractivity contribution is 6.11. The van der Waals surface area contributed by atoms with E-state index >= 15 is 0 Å². The number of hydrogen-bond acceptors (Lipinski definition) is 4. The van der Waals surface area contributed by atoms with Crippen LogP contribution in [0.25, 0.3) is 0 Å². The highest BCUT2D eigenvalue weighted by Crippen LogP contribution is 2.56. The third-order valence-corrected chi connectivity index (χ3v) is 7.95. The predicted octanol–water partition coefficient (Wildman–Crippen LogP) is 1.70. The maximum Gasteiger partial charge on any atom is 0.270 e. The summed E-state index contributed by atoms with van der Waals surface area (Å²) in [5.41, 5.74) is 1.42. The lowest BCUT2D eigenvalue weighted by Crippen LogP contribution is -2.57. The smallest absolute Gasteiger partial charge is 0.270 e. The molecule has 8 nitrogen and oxygen atoms in total. The van der Waals surface area contributed by atoms with Crippen LogP contribution >= 0.6 is 0 Å². The summed E-state index contributed by atoms with van der Waals surface area (Å²) in [4.78, 5) is 49.8. The Balaban J connectivity index is 1.42. The average Bonchev–Trinajstić information content (AvgIpc) is 3.59. The van der Waals surface area contributed by atoms with Crippen molar-refractivity contribution in [2.75, 3.05) is 37.6 Å². The quantitative estimate of drug-likeness (QED) is 0.697. The van der Waals surface area contributed by atoms with Crippen LogP contribution in [0.5, 0.6) is 0 Å². The highest BCUT2D eigenvalue weighted by Gasteiger charge is 2.67. The number of rotatable bonds is 1. The number of carbonyl (C=O) groups is 3. The van der Waals surface area contributed by atoms with Gasteiger partial charge in [0, 0.05) is 49.7 Å². The van der Waals surface area contributed by atoms with Crippen LogP contribution in [-0.4, -0.2) is 71.3 Å². The minimum absolute atomic E-state index is 0.0129. The van der Waals surface area contributed by atoms with Gasteiger partial charge in [0.1, 0.15) is 11.2 Å².